The van der Waals surface area contributed by atoms with E-state index in [2.05, 4.69) is 20.4 Å². The van der Waals surface area contributed by atoms with E-state index in [1.165, 1.54) is 12.3 Å². The maximum absolute atomic E-state index is 12.8. The number of aryl methyl sites for hydroxylation is 1. The van der Waals surface area contributed by atoms with E-state index in [-0.39, 0.29) is 11.2 Å². The molecule has 1 aromatic carbocycles. The molecule has 0 aliphatic rings. The van der Waals surface area contributed by atoms with Crippen molar-refractivity contribution >= 4 is 28.8 Å². The summed E-state index contributed by atoms with van der Waals surface area (Å²) >= 11 is 6.02. The van der Waals surface area contributed by atoms with Crippen LogP contribution in [0.25, 0.3) is 16.9 Å². The van der Waals surface area contributed by atoms with E-state index in [4.69, 9.17) is 11.6 Å². The standard InChI is InChI=1S/C19H14ClN5O3/c1-10-9-21-6-5-13(10)23-18(27)16-17-22-14(11-3-2-4-12(20)7-11)8-15(26)25(17)24-19(16)28/h2-9,22H,1H3,(H,24,28)(H,21,23,27). The average Bonchev–Trinajstić information content (AvgIpc) is 3.00. The molecule has 140 valence electrons. The Morgan fingerprint density at radius 2 is 2.04 bits per heavy atom. The number of fused-ring (bicyclic) bond motifs is 1. The summed E-state index contributed by atoms with van der Waals surface area (Å²) in [4.78, 5) is 44.6. The van der Waals surface area contributed by atoms with Crippen LogP contribution in [0.3, 0.4) is 0 Å². The third kappa shape index (κ3) is 3.10. The number of hydrogen-bond acceptors (Lipinski definition) is 4. The first-order chi connectivity index (χ1) is 13.4. The van der Waals surface area contributed by atoms with Gasteiger partial charge in [-0.05, 0) is 36.2 Å². The number of carbonyl (C=O) groups excluding carboxylic acids is 1. The summed E-state index contributed by atoms with van der Waals surface area (Å²) in [7, 11) is 0. The summed E-state index contributed by atoms with van der Waals surface area (Å²) in [5.74, 6) is -0.642. The minimum Gasteiger partial charge on any atom is -0.339 e. The quantitative estimate of drug-likeness (QED) is 0.495. The van der Waals surface area contributed by atoms with Crippen LogP contribution in [0.5, 0.6) is 0 Å². The van der Waals surface area contributed by atoms with Crippen molar-refractivity contribution in [3.63, 3.8) is 0 Å². The molecule has 0 fully saturated rings. The zero-order valence-electron chi connectivity index (χ0n) is 14.6. The zero-order chi connectivity index (χ0) is 19.8. The highest BCUT2D eigenvalue weighted by Gasteiger charge is 2.20. The zero-order valence-corrected chi connectivity index (χ0v) is 15.4. The molecule has 4 aromatic rings. The largest absolute Gasteiger partial charge is 0.339 e. The van der Waals surface area contributed by atoms with Gasteiger partial charge in [-0.3, -0.25) is 24.5 Å². The van der Waals surface area contributed by atoms with Gasteiger partial charge in [0.1, 0.15) is 5.56 Å². The van der Waals surface area contributed by atoms with Crippen LogP contribution in [-0.2, 0) is 0 Å². The van der Waals surface area contributed by atoms with E-state index in [9.17, 15) is 14.4 Å². The Hall–Kier alpha value is -3.65. The Balaban J connectivity index is 1.86. The lowest BCUT2D eigenvalue weighted by atomic mass is 10.1. The third-order valence-electron chi connectivity index (χ3n) is 4.27. The minimum atomic E-state index is -0.680. The molecule has 0 bridgehead atoms. The highest BCUT2D eigenvalue weighted by atomic mass is 35.5. The number of amides is 1. The van der Waals surface area contributed by atoms with Gasteiger partial charge in [0, 0.05) is 29.2 Å². The first kappa shape index (κ1) is 17.7. The molecule has 1 amide bonds. The summed E-state index contributed by atoms with van der Waals surface area (Å²) in [6.45, 7) is 1.78. The smallest absolute Gasteiger partial charge is 0.279 e. The van der Waals surface area contributed by atoms with Crippen molar-refractivity contribution in [2.45, 2.75) is 6.92 Å². The van der Waals surface area contributed by atoms with Crippen LogP contribution in [0.2, 0.25) is 5.02 Å². The molecule has 3 heterocycles. The number of carbonyl (C=O) groups is 1. The van der Waals surface area contributed by atoms with Gasteiger partial charge < -0.3 is 10.3 Å². The SMILES string of the molecule is Cc1cnccc1NC(=O)c1c(=O)[nH]n2c(=O)cc(-c3cccc(Cl)c3)[nH]c12. The molecular weight excluding hydrogens is 382 g/mol. The monoisotopic (exact) mass is 395 g/mol. The van der Waals surface area contributed by atoms with Crippen molar-refractivity contribution in [1.82, 2.24) is 19.6 Å². The number of anilines is 1. The second kappa shape index (κ2) is 6.82. The van der Waals surface area contributed by atoms with Crippen molar-refractivity contribution in [2.24, 2.45) is 0 Å². The number of benzene rings is 1. The fourth-order valence-corrected chi connectivity index (χ4v) is 3.08. The van der Waals surface area contributed by atoms with Crippen molar-refractivity contribution in [3.8, 4) is 11.3 Å². The Morgan fingerprint density at radius 1 is 1.21 bits per heavy atom. The van der Waals surface area contributed by atoms with Gasteiger partial charge in [-0.25, -0.2) is 0 Å². The molecule has 0 unspecified atom stereocenters. The highest BCUT2D eigenvalue weighted by Crippen LogP contribution is 2.21. The Labute approximate surface area is 162 Å². The van der Waals surface area contributed by atoms with E-state index in [1.54, 1.807) is 43.5 Å². The lowest BCUT2D eigenvalue weighted by Gasteiger charge is -2.07. The van der Waals surface area contributed by atoms with Crippen molar-refractivity contribution in [1.29, 1.82) is 0 Å². The molecule has 28 heavy (non-hydrogen) atoms. The average molecular weight is 396 g/mol. The van der Waals surface area contributed by atoms with E-state index in [1.807, 2.05) is 0 Å². The van der Waals surface area contributed by atoms with Gasteiger partial charge in [-0.15, -0.1) is 0 Å². The number of rotatable bonds is 3. The van der Waals surface area contributed by atoms with Gasteiger partial charge >= 0.3 is 0 Å². The van der Waals surface area contributed by atoms with Crippen molar-refractivity contribution < 1.29 is 4.79 Å². The van der Waals surface area contributed by atoms with Crippen LogP contribution in [0, 0.1) is 6.92 Å². The lowest BCUT2D eigenvalue weighted by molar-refractivity contribution is 0.102. The second-order valence-electron chi connectivity index (χ2n) is 6.18. The predicted molar refractivity (Wildman–Crippen MR) is 106 cm³/mol. The molecule has 0 saturated heterocycles. The van der Waals surface area contributed by atoms with Crippen molar-refractivity contribution in [3.05, 3.63) is 85.6 Å². The van der Waals surface area contributed by atoms with Crippen LogP contribution in [0.4, 0.5) is 5.69 Å². The van der Waals surface area contributed by atoms with Gasteiger partial charge in [-0.1, -0.05) is 23.7 Å². The first-order valence-electron chi connectivity index (χ1n) is 8.30. The molecule has 8 nitrogen and oxygen atoms in total. The Morgan fingerprint density at radius 3 is 2.79 bits per heavy atom. The molecule has 0 aliphatic carbocycles. The molecule has 0 atom stereocenters. The topological polar surface area (TPSA) is 112 Å². The van der Waals surface area contributed by atoms with Gasteiger partial charge in [0.05, 0.1) is 5.69 Å². The highest BCUT2D eigenvalue weighted by molar-refractivity contribution is 6.30. The summed E-state index contributed by atoms with van der Waals surface area (Å²) in [6, 6.07) is 9.83. The summed E-state index contributed by atoms with van der Waals surface area (Å²) in [5, 5.41) is 5.56. The molecule has 0 radical (unpaired) electrons. The van der Waals surface area contributed by atoms with Crippen LogP contribution < -0.4 is 16.4 Å². The number of halogens is 1. The van der Waals surface area contributed by atoms with E-state index in [0.717, 1.165) is 10.1 Å². The number of hydrogen-bond donors (Lipinski definition) is 3. The number of pyridine rings is 1. The van der Waals surface area contributed by atoms with Crippen LogP contribution >= 0.6 is 11.6 Å². The third-order valence-corrected chi connectivity index (χ3v) is 4.51. The first-order valence-corrected chi connectivity index (χ1v) is 8.68. The molecular formula is C19H14ClN5O3. The molecule has 0 aliphatic heterocycles. The van der Waals surface area contributed by atoms with Gasteiger partial charge in [0.2, 0.25) is 0 Å². The van der Waals surface area contributed by atoms with Crippen LogP contribution in [-0.4, -0.2) is 25.5 Å². The number of H-pyrrole nitrogens is 2. The molecule has 4 rings (SSSR count). The lowest BCUT2D eigenvalue weighted by Crippen LogP contribution is -2.20. The van der Waals surface area contributed by atoms with E-state index >= 15 is 0 Å². The van der Waals surface area contributed by atoms with Gasteiger partial charge in [0.15, 0.2) is 5.65 Å². The number of aromatic amines is 2. The van der Waals surface area contributed by atoms with Crippen LogP contribution in [0.1, 0.15) is 15.9 Å². The minimum absolute atomic E-state index is 0.0664. The fraction of sp³-hybridized carbons (Fsp3) is 0.0526. The van der Waals surface area contributed by atoms with Crippen LogP contribution in [0.15, 0.2) is 58.4 Å². The molecule has 3 N–H and O–H groups in total. The second-order valence-corrected chi connectivity index (χ2v) is 6.61. The normalized spacial score (nSPS) is 10.9. The van der Waals surface area contributed by atoms with Crippen molar-refractivity contribution in [2.75, 3.05) is 5.32 Å². The predicted octanol–water partition coefficient (Wildman–Crippen LogP) is 2.59. The number of aromatic nitrogens is 4. The molecule has 3 aromatic heterocycles. The Kier molecular flexibility index (Phi) is 4.32. The fourth-order valence-electron chi connectivity index (χ4n) is 2.89. The van der Waals surface area contributed by atoms with E-state index in [0.29, 0.717) is 22.0 Å². The molecule has 9 heteroatoms. The number of nitrogens with one attached hydrogen (secondary N) is 3. The maximum atomic E-state index is 12.8. The summed E-state index contributed by atoms with van der Waals surface area (Å²) in [5.41, 5.74) is 1.04. The van der Waals surface area contributed by atoms with Gasteiger partial charge in [0.25, 0.3) is 17.0 Å². The Bertz CT molecular complexity index is 1340. The molecule has 0 spiro atoms. The molecule has 0 saturated carbocycles. The summed E-state index contributed by atoms with van der Waals surface area (Å²) in [6.07, 6.45) is 3.13. The summed E-state index contributed by atoms with van der Waals surface area (Å²) < 4.78 is 1.00. The number of nitrogens with zero attached hydrogens (tertiary/aromatic N) is 2. The van der Waals surface area contributed by atoms with Gasteiger partial charge in [-0.2, -0.15) is 4.52 Å². The maximum Gasteiger partial charge on any atom is 0.279 e. The van der Waals surface area contributed by atoms with E-state index < -0.39 is 17.0 Å².